The van der Waals surface area contributed by atoms with E-state index in [1.54, 1.807) is 34.6 Å². The van der Waals surface area contributed by atoms with Crippen molar-refractivity contribution in [3.8, 4) is 0 Å². The molecule has 1 aliphatic rings. The molecular formula is C19H22N2O4S. The lowest BCUT2D eigenvalue weighted by Crippen LogP contribution is -2.41. The molecule has 26 heavy (non-hydrogen) atoms. The van der Waals surface area contributed by atoms with Crippen molar-refractivity contribution in [2.45, 2.75) is 37.1 Å². The Kier molecular flexibility index (Phi) is 5.58. The Morgan fingerprint density at radius 2 is 2.00 bits per heavy atom. The number of hydrogen-bond acceptors (Lipinski definition) is 4. The van der Waals surface area contributed by atoms with Crippen LogP contribution in [0.4, 0.5) is 5.69 Å². The molecule has 3 rings (SSSR count). The van der Waals surface area contributed by atoms with E-state index in [0.717, 1.165) is 19.3 Å². The summed E-state index contributed by atoms with van der Waals surface area (Å²) in [5, 5.41) is 2.70. The Labute approximate surface area is 153 Å². The summed E-state index contributed by atoms with van der Waals surface area (Å²) in [6.07, 6.45) is 7.28. The highest BCUT2D eigenvalue weighted by Gasteiger charge is 2.30. The first-order valence-electron chi connectivity index (χ1n) is 8.61. The number of piperidine rings is 1. The number of nitrogens with one attached hydrogen (secondary N) is 1. The third-order valence-corrected chi connectivity index (χ3v) is 6.44. The van der Waals surface area contributed by atoms with Crippen LogP contribution < -0.4 is 5.32 Å². The standard InChI is InChI=1S/C19H22N2O4S/c1-15-5-2-3-13-21(15)26(23,24)18-10-7-16(8-11-18)20-19(22)12-9-17-6-4-14-25-17/h4,6-12,14-15H,2-3,5,13H2,1H3,(H,20,22)/b12-9+. The van der Waals surface area contributed by atoms with Crippen molar-refractivity contribution in [1.29, 1.82) is 0 Å². The Morgan fingerprint density at radius 3 is 2.65 bits per heavy atom. The van der Waals surface area contributed by atoms with Gasteiger partial charge in [-0.3, -0.25) is 4.79 Å². The van der Waals surface area contributed by atoms with Crippen LogP contribution in [0.3, 0.4) is 0 Å². The van der Waals surface area contributed by atoms with Gasteiger partial charge in [0, 0.05) is 24.4 Å². The monoisotopic (exact) mass is 374 g/mol. The van der Waals surface area contributed by atoms with Crippen LogP contribution in [0, 0.1) is 0 Å². The van der Waals surface area contributed by atoms with Crippen LogP contribution in [-0.4, -0.2) is 31.2 Å². The summed E-state index contributed by atoms with van der Waals surface area (Å²) in [4.78, 5) is 12.2. The number of carbonyl (C=O) groups is 1. The van der Waals surface area contributed by atoms with Gasteiger partial charge in [-0.25, -0.2) is 8.42 Å². The molecule has 2 heterocycles. The minimum atomic E-state index is -3.50. The van der Waals surface area contributed by atoms with Crippen molar-refractivity contribution in [2.24, 2.45) is 0 Å². The number of amides is 1. The fourth-order valence-corrected chi connectivity index (χ4v) is 4.70. The Morgan fingerprint density at radius 1 is 1.23 bits per heavy atom. The van der Waals surface area contributed by atoms with Crippen molar-refractivity contribution in [2.75, 3.05) is 11.9 Å². The second-order valence-corrected chi connectivity index (χ2v) is 8.21. The largest absolute Gasteiger partial charge is 0.465 e. The topological polar surface area (TPSA) is 79.6 Å². The van der Waals surface area contributed by atoms with Gasteiger partial charge in [0.25, 0.3) is 0 Å². The van der Waals surface area contributed by atoms with Gasteiger partial charge in [-0.05, 0) is 62.2 Å². The predicted molar refractivity (Wildman–Crippen MR) is 100 cm³/mol. The van der Waals surface area contributed by atoms with Gasteiger partial charge >= 0.3 is 0 Å². The van der Waals surface area contributed by atoms with Gasteiger partial charge in [-0.1, -0.05) is 6.42 Å². The molecule has 1 unspecified atom stereocenters. The summed E-state index contributed by atoms with van der Waals surface area (Å²) in [7, 11) is -3.50. The number of hydrogen-bond donors (Lipinski definition) is 1. The van der Waals surface area contributed by atoms with Gasteiger partial charge in [-0.2, -0.15) is 4.31 Å². The minimum absolute atomic E-state index is 0.0138. The number of furan rings is 1. The van der Waals surface area contributed by atoms with Crippen molar-refractivity contribution in [3.63, 3.8) is 0 Å². The normalized spacial score (nSPS) is 18.9. The van der Waals surface area contributed by atoms with Crippen molar-refractivity contribution in [3.05, 3.63) is 54.5 Å². The summed E-state index contributed by atoms with van der Waals surface area (Å²) in [5.41, 5.74) is 0.532. The van der Waals surface area contributed by atoms with Crippen molar-refractivity contribution >= 4 is 27.7 Å². The molecule has 1 amide bonds. The molecule has 7 heteroatoms. The zero-order chi connectivity index (χ0) is 18.6. The summed E-state index contributed by atoms with van der Waals surface area (Å²) < 4.78 is 32.2. The average Bonchev–Trinajstić information content (AvgIpc) is 3.14. The van der Waals surface area contributed by atoms with E-state index in [-0.39, 0.29) is 16.8 Å². The third kappa shape index (κ3) is 4.23. The first-order valence-corrected chi connectivity index (χ1v) is 10.1. The molecule has 1 N–H and O–H groups in total. The fraction of sp³-hybridized carbons (Fsp3) is 0.316. The summed E-state index contributed by atoms with van der Waals surface area (Å²) >= 11 is 0. The van der Waals surface area contributed by atoms with Crippen LogP contribution in [0.25, 0.3) is 6.08 Å². The van der Waals surface area contributed by atoms with Gasteiger partial charge in [0.2, 0.25) is 15.9 Å². The van der Waals surface area contributed by atoms with Gasteiger partial charge in [-0.15, -0.1) is 0 Å². The molecule has 6 nitrogen and oxygen atoms in total. The number of nitrogens with zero attached hydrogens (tertiary/aromatic N) is 1. The molecule has 1 aromatic carbocycles. The first kappa shape index (κ1) is 18.4. The molecule has 1 aromatic heterocycles. The van der Waals surface area contributed by atoms with E-state index < -0.39 is 10.0 Å². The van der Waals surface area contributed by atoms with Gasteiger partial charge in [0.15, 0.2) is 0 Å². The second kappa shape index (κ2) is 7.88. The maximum Gasteiger partial charge on any atom is 0.248 e. The average molecular weight is 374 g/mol. The highest BCUT2D eigenvalue weighted by atomic mass is 32.2. The summed E-state index contributed by atoms with van der Waals surface area (Å²) in [6.45, 7) is 2.50. The quantitative estimate of drug-likeness (QED) is 0.813. The molecule has 0 aliphatic carbocycles. The molecule has 0 radical (unpaired) electrons. The van der Waals surface area contributed by atoms with Gasteiger partial charge in [0.1, 0.15) is 5.76 Å². The molecular weight excluding hydrogens is 352 g/mol. The SMILES string of the molecule is CC1CCCCN1S(=O)(=O)c1ccc(NC(=O)/C=C/c2ccco2)cc1. The number of rotatable bonds is 5. The molecule has 0 saturated carbocycles. The maximum absolute atomic E-state index is 12.8. The number of anilines is 1. The molecule has 1 saturated heterocycles. The van der Waals surface area contributed by atoms with Crippen LogP contribution in [0.1, 0.15) is 31.9 Å². The van der Waals surface area contributed by atoms with Crippen LogP contribution in [0.15, 0.2) is 58.1 Å². The molecule has 2 aromatic rings. The minimum Gasteiger partial charge on any atom is -0.465 e. The molecule has 1 atom stereocenters. The van der Waals surface area contributed by atoms with E-state index in [2.05, 4.69) is 5.32 Å². The van der Waals surface area contributed by atoms with Crippen molar-refractivity contribution in [1.82, 2.24) is 4.31 Å². The van der Waals surface area contributed by atoms with Crippen LogP contribution in [-0.2, 0) is 14.8 Å². The zero-order valence-electron chi connectivity index (χ0n) is 14.6. The van der Waals surface area contributed by atoms with E-state index in [0.29, 0.717) is 18.0 Å². The lowest BCUT2D eigenvalue weighted by Gasteiger charge is -2.32. The van der Waals surface area contributed by atoms with E-state index in [9.17, 15) is 13.2 Å². The molecule has 1 fully saturated rings. The lowest BCUT2D eigenvalue weighted by molar-refractivity contribution is -0.111. The van der Waals surface area contributed by atoms with Gasteiger partial charge < -0.3 is 9.73 Å². The summed E-state index contributed by atoms with van der Waals surface area (Å²) in [6, 6.07) is 9.75. The Balaban J connectivity index is 1.67. The smallest absolute Gasteiger partial charge is 0.248 e. The highest BCUT2D eigenvalue weighted by Crippen LogP contribution is 2.25. The molecule has 0 bridgehead atoms. The van der Waals surface area contributed by atoms with Crippen molar-refractivity contribution < 1.29 is 17.6 Å². The maximum atomic E-state index is 12.8. The van der Waals surface area contributed by atoms with E-state index >= 15 is 0 Å². The lowest BCUT2D eigenvalue weighted by atomic mass is 10.1. The number of carbonyl (C=O) groups excluding carboxylic acids is 1. The van der Waals surface area contributed by atoms with E-state index in [1.807, 2.05) is 6.92 Å². The Hall–Kier alpha value is -2.38. The van der Waals surface area contributed by atoms with Crippen LogP contribution in [0.2, 0.25) is 0 Å². The van der Waals surface area contributed by atoms with E-state index in [1.165, 1.54) is 24.5 Å². The molecule has 138 valence electrons. The fourth-order valence-electron chi connectivity index (χ4n) is 3.00. The molecule has 0 spiro atoms. The molecule has 1 aliphatic heterocycles. The number of sulfonamides is 1. The van der Waals surface area contributed by atoms with Gasteiger partial charge in [0.05, 0.1) is 11.2 Å². The summed E-state index contributed by atoms with van der Waals surface area (Å²) in [5.74, 6) is 0.263. The second-order valence-electron chi connectivity index (χ2n) is 6.32. The zero-order valence-corrected chi connectivity index (χ0v) is 15.4. The first-order chi connectivity index (χ1) is 12.5. The van der Waals surface area contributed by atoms with E-state index in [4.69, 9.17) is 4.42 Å². The predicted octanol–water partition coefficient (Wildman–Crippen LogP) is 3.49. The highest BCUT2D eigenvalue weighted by molar-refractivity contribution is 7.89. The Bertz CT molecular complexity index is 871. The van der Waals surface area contributed by atoms with Crippen LogP contribution >= 0.6 is 0 Å². The number of benzene rings is 1. The third-order valence-electron chi connectivity index (χ3n) is 4.41. The van der Waals surface area contributed by atoms with Crippen LogP contribution in [0.5, 0.6) is 0 Å².